The Bertz CT molecular complexity index is 1470. The van der Waals surface area contributed by atoms with E-state index in [2.05, 4.69) is 39.7 Å². The standard InChI is InChI=1S/C27H33N7O2S/c1-17(2)8-10-32-13-18(3)30-24(32)12-19-14-34(27-29-9-11-37-27)26-20(25(19)35)6-7-23(31-26)33-15-21(28-4)22(16-33)36-5/h6-9,11,13-14,21-22,28H,10,12,15-16H2,1-5H3. The molecule has 1 N–H and O–H groups in total. The number of imidazole rings is 1. The fourth-order valence-electron chi connectivity index (χ4n) is 4.85. The topological polar surface area (TPSA) is 90.1 Å². The molecule has 1 saturated heterocycles. The summed E-state index contributed by atoms with van der Waals surface area (Å²) in [6, 6.07) is 4.04. The molecule has 4 aromatic heterocycles. The third kappa shape index (κ3) is 5.09. The van der Waals surface area contributed by atoms with Crippen LogP contribution in [0.4, 0.5) is 5.82 Å². The van der Waals surface area contributed by atoms with Crippen molar-refractivity contribution in [2.45, 2.75) is 45.9 Å². The molecule has 0 aliphatic carbocycles. The normalized spacial score (nSPS) is 17.6. The average Bonchev–Trinajstić information content (AvgIpc) is 3.64. The third-order valence-corrected chi connectivity index (χ3v) is 7.59. The second-order valence-electron chi connectivity index (χ2n) is 9.69. The molecule has 0 radical (unpaired) electrons. The van der Waals surface area contributed by atoms with Crippen LogP contribution in [0.1, 0.15) is 30.9 Å². The molecule has 0 amide bonds. The van der Waals surface area contributed by atoms with E-state index in [0.29, 0.717) is 23.0 Å². The van der Waals surface area contributed by atoms with E-state index in [1.54, 1.807) is 13.3 Å². The summed E-state index contributed by atoms with van der Waals surface area (Å²) in [5.74, 6) is 1.68. The smallest absolute Gasteiger partial charge is 0.195 e. The Balaban J connectivity index is 1.58. The van der Waals surface area contributed by atoms with E-state index in [-0.39, 0.29) is 17.6 Å². The molecule has 10 heteroatoms. The van der Waals surface area contributed by atoms with E-state index in [0.717, 1.165) is 42.1 Å². The number of hydrogen-bond donors (Lipinski definition) is 1. The first-order chi connectivity index (χ1) is 17.9. The third-order valence-electron chi connectivity index (χ3n) is 6.82. The van der Waals surface area contributed by atoms with Crippen LogP contribution in [0.3, 0.4) is 0 Å². The van der Waals surface area contributed by atoms with Crippen molar-refractivity contribution in [2.75, 3.05) is 32.1 Å². The minimum Gasteiger partial charge on any atom is -0.378 e. The predicted octanol–water partition coefficient (Wildman–Crippen LogP) is 3.33. The summed E-state index contributed by atoms with van der Waals surface area (Å²) in [7, 11) is 3.68. The van der Waals surface area contributed by atoms with Crippen molar-refractivity contribution in [2.24, 2.45) is 0 Å². The van der Waals surface area contributed by atoms with Crippen LogP contribution in [0.5, 0.6) is 0 Å². The zero-order valence-electron chi connectivity index (χ0n) is 21.9. The maximum absolute atomic E-state index is 13.7. The van der Waals surface area contributed by atoms with Gasteiger partial charge in [0.25, 0.3) is 0 Å². The second kappa shape index (κ2) is 10.6. The van der Waals surface area contributed by atoms with Gasteiger partial charge in [0.15, 0.2) is 16.2 Å². The highest BCUT2D eigenvalue weighted by molar-refractivity contribution is 7.12. The number of nitrogens with zero attached hydrogens (tertiary/aromatic N) is 6. The van der Waals surface area contributed by atoms with Crippen molar-refractivity contribution in [3.63, 3.8) is 0 Å². The lowest BCUT2D eigenvalue weighted by atomic mass is 10.1. The van der Waals surface area contributed by atoms with Crippen LogP contribution >= 0.6 is 11.3 Å². The Labute approximate surface area is 220 Å². The Kier molecular flexibility index (Phi) is 7.23. The number of anilines is 1. The summed E-state index contributed by atoms with van der Waals surface area (Å²) in [6.07, 6.45) is 8.35. The number of aromatic nitrogens is 5. The summed E-state index contributed by atoms with van der Waals surface area (Å²) in [4.78, 5) is 30.1. The monoisotopic (exact) mass is 519 g/mol. The first kappa shape index (κ1) is 25.3. The number of fused-ring (bicyclic) bond motifs is 1. The van der Waals surface area contributed by atoms with Crippen LogP contribution in [0.25, 0.3) is 16.2 Å². The first-order valence-corrected chi connectivity index (χ1v) is 13.3. The van der Waals surface area contributed by atoms with Crippen LogP contribution in [0.15, 0.2) is 52.5 Å². The highest BCUT2D eigenvalue weighted by Crippen LogP contribution is 2.25. The van der Waals surface area contributed by atoms with Crippen LogP contribution in [-0.2, 0) is 17.7 Å². The molecule has 0 bridgehead atoms. The Morgan fingerprint density at radius 1 is 1.24 bits per heavy atom. The van der Waals surface area contributed by atoms with Crippen molar-refractivity contribution in [3.8, 4) is 5.13 Å². The van der Waals surface area contributed by atoms with Crippen molar-refractivity contribution >= 4 is 28.2 Å². The number of ether oxygens (including phenoxy) is 1. The molecular weight excluding hydrogens is 486 g/mol. The molecule has 5 rings (SSSR count). The summed E-state index contributed by atoms with van der Waals surface area (Å²) in [5, 5.41) is 6.60. The summed E-state index contributed by atoms with van der Waals surface area (Å²) >= 11 is 1.51. The van der Waals surface area contributed by atoms with Gasteiger partial charge in [-0.25, -0.2) is 15.0 Å². The Morgan fingerprint density at radius 3 is 2.76 bits per heavy atom. The van der Waals surface area contributed by atoms with Gasteiger partial charge in [0.05, 0.1) is 23.2 Å². The average molecular weight is 520 g/mol. The minimum atomic E-state index is -0.0273. The zero-order valence-corrected chi connectivity index (χ0v) is 22.7. The van der Waals surface area contributed by atoms with Gasteiger partial charge in [-0.3, -0.25) is 9.36 Å². The van der Waals surface area contributed by atoms with Crippen molar-refractivity contribution in [1.29, 1.82) is 0 Å². The number of allylic oxidation sites excluding steroid dienone is 2. The molecule has 194 valence electrons. The van der Waals surface area contributed by atoms with Crippen LogP contribution in [0.2, 0.25) is 0 Å². The predicted molar refractivity (Wildman–Crippen MR) is 148 cm³/mol. The largest absolute Gasteiger partial charge is 0.378 e. The molecule has 0 aromatic carbocycles. The van der Waals surface area contributed by atoms with Gasteiger partial charge in [-0.05, 0) is 40.0 Å². The number of nitrogens with one attached hydrogen (secondary N) is 1. The number of likely N-dealkylation sites (N-methyl/N-ethyl adjacent to an activating group) is 1. The lowest BCUT2D eigenvalue weighted by Crippen LogP contribution is -2.37. The molecule has 9 nitrogen and oxygen atoms in total. The molecule has 1 aliphatic heterocycles. The highest BCUT2D eigenvalue weighted by Gasteiger charge is 2.32. The number of hydrogen-bond acceptors (Lipinski definition) is 8. The molecule has 0 saturated carbocycles. The van der Waals surface area contributed by atoms with E-state index in [4.69, 9.17) is 14.7 Å². The number of thiazole rings is 1. The maximum atomic E-state index is 13.7. The summed E-state index contributed by atoms with van der Waals surface area (Å²) in [5.41, 5.74) is 3.42. The van der Waals surface area contributed by atoms with Crippen molar-refractivity contribution in [1.82, 2.24) is 29.4 Å². The summed E-state index contributed by atoms with van der Waals surface area (Å²) < 4.78 is 9.71. The lowest BCUT2D eigenvalue weighted by Gasteiger charge is -2.19. The van der Waals surface area contributed by atoms with E-state index in [9.17, 15) is 4.79 Å². The zero-order chi connectivity index (χ0) is 26.1. The highest BCUT2D eigenvalue weighted by atomic mass is 32.1. The molecule has 2 unspecified atom stereocenters. The van der Waals surface area contributed by atoms with Gasteiger partial charge < -0.3 is 19.5 Å². The van der Waals surface area contributed by atoms with E-state index >= 15 is 0 Å². The number of methoxy groups -OCH3 is 1. The van der Waals surface area contributed by atoms with Gasteiger partial charge in [0, 0.05) is 62.7 Å². The van der Waals surface area contributed by atoms with Gasteiger partial charge in [0.2, 0.25) is 0 Å². The molecular formula is C27H33N7O2S. The molecule has 2 atom stereocenters. The SMILES string of the molecule is CNC1CN(c2ccc3c(=O)c(Cc4nc(C)cn4CC=C(C)C)cn(-c4nccs4)c3n2)CC1OC. The number of pyridine rings is 2. The van der Waals surface area contributed by atoms with Gasteiger partial charge in [-0.1, -0.05) is 11.6 Å². The van der Waals surface area contributed by atoms with Gasteiger partial charge >= 0.3 is 0 Å². The summed E-state index contributed by atoms with van der Waals surface area (Å²) in [6.45, 7) is 8.37. The van der Waals surface area contributed by atoms with E-state index < -0.39 is 0 Å². The van der Waals surface area contributed by atoms with Gasteiger partial charge in [-0.15, -0.1) is 11.3 Å². The van der Waals surface area contributed by atoms with Gasteiger partial charge in [0.1, 0.15) is 11.6 Å². The number of aryl methyl sites for hydroxylation is 1. The maximum Gasteiger partial charge on any atom is 0.195 e. The van der Waals surface area contributed by atoms with Crippen molar-refractivity contribution in [3.05, 3.63) is 75.1 Å². The molecule has 5 heterocycles. The fraction of sp³-hybridized carbons (Fsp3) is 0.407. The van der Waals surface area contributed by atoms with Crippen LogP contribution < -0.4 is 15.6 Å². The second-order valence-corrected chi connectivity index (χ2v) is 10.6. The lowest BCUT2D eigenvalue weighted by molar-refractivity contribution is 0.0996. The molecule has 4 aromatic rings. The number of rotatable bonds is 8. The Morgan fingerprint density at radius 2 is 2.08 bits per heavy atom. The van der Waals surface area contributed by atoms with E-state index in [1.807, 2.05) is 48.4 Å². The Hall–Kier alpha value is -3.34. The van der Waals surface area contributed by atoms with Gasteiger partial charge in [-0.2, -0.15) is 0 Å². The van der Waals surface area contributed by atoms with Crippen LogP contribution in [0, 0.1) is 6.92 Å². The first-order valence-electron chi connectivity index (χ1n) is 12.4. The fourth-order valence-corrected chi connectivity index (χ4v) is 5.47. The minimum absolute atomic E-state index is 0.0273. The molecule has 1 aliphatic rings. The molecule has 0 spiro atoms. The molecule has 1 fully saturated rings. The van der Waals surface area contributed by atoms with Crippen molar-refractivity contribution < 1.29 is 4.74 Å². The van der Waals surface area contributed by atoms with Crippen LogP contribution in [-0.4, -0.2) is 63.5 Å². The van der Waals surface area contributed by atoms with E-state index in [1.165, 1.54) is 16.9 Å². The molecule has 37 heavy (non-hydrogen) atoms. The quantitative estimate of drug-likeness (QED) is 0.357.